The van der Waals surface area contributed by atoms with Crippen molar-refractivity contribution in [1.29, 1.82) is 0 Å². The van der Waals surface area contributed by atoms with Crippen LogP contribution in [0.4, 0.5) is 0 Å². The fraction of sp³-hybridized carbons (Fsp3) is 0.800. The molecular weight excluding hydrogens is 248 g/mol. The summed E-state index contributed by atoms with van der Waals surface area (Å²) in [6.07, 6.45) is -8.39. The van der Waals surface area contributed by atoms with E-state index in [-0.39, 0.29) is 6.29 Å². The zero-order chi connectivity index (χ0) is 14.7. The molecule has 5 N–H and O–H groups in total. The van der Waals surface area contributed by atoms with Gasteiger partial charge in [-0.15, -0.1) is 0 Å². The SMILES string of the molecule is CCOCC.O=C[C@H](O)[C@@H](O)[C@H](O)[C@H](O)C(=O)O. The van der Waals surface area contributed by atoms with Crippen LogP contribution < -0.4 is 0 Å². The first-order valence-electron chi connectivity index (χ1n) is 5.31. The van der Waals surface area contributed by atoms with Crippen LogP contribution in [0.5, 0.6) is 0 Å². The van der Waals surface area contributed by atoms with E-state index in [1.165, 1.54) is 0 Å². The van der Waals surface area contributed by atoms with Crippen molar-refractivity contribution in [1.82, 2.24) is 0 Å². The van der Waals surface area contributed by atoms with Crippen molar-refractivity contribution in [2.24, 2.45) is 0 Å². The second-order valence-electron chi connectivity index (χ2n) is 3.17. The van der Waals surface area contributed by atoms with Crippen molar-refractivity contribution in [3.05, 3.63) is 0 Å². The lowest BCUT2D eigenvalue weighted by atomic mass is 10.0. The van der Waals surface area contributed by atoms with Gasteiger partial charge in [-0.05, 0) is 13.8 Å². The third-order valence-electron chi connectivity index (χ3n) is 1.82. The van der Waals surface area contributed by atoms with E-state index in [9.17, 15) is 9.59 Å². The van der Waals surface area contributed by atoms with Gasteiger partial charge in [-0.3, -0.25) is 0 Å². The summed E-state index contributed by atoms with van der Waals surface area (Å²) in [5, 5.41) is 43.2. The van der Waals surface area contributed by atoms with E-state index in [4.69, 9.17) is 30.3 Å². The number of aliphatic hydroxyl groups excluding tert-OH is 4. The Morgan fingerprint density at radius 3 is 1.78 bits per heavy atom. The molecule has 0 amide bonds. The highest BCUT2D eigenvalue weighted by Crippen LogP contribution is 2.03. The number of ether oxygens (including phenoxy) is 1. The van der Waals surface area contributed by atoms with E-state index < -0.39 is 30.4 Å². The van der Waals surface area contributed by atoms with Gasteiger partial charge in [0.25, 0.3) is 0 Å². The van der Waals surface area contributed by atoms with Crippen molar-refractivity contribution in [3.8, 4) is 0 Å². The second kappa shape index (κ2) is 11.1. The molecule has 0 aliphatic heterocycles. The van der Waals surface area contributed by atoms with Crippen molar-refractivity contribution in [2.45, 2.75) is 38.3 Å². The van der Waals surface area contributed by atoms with Crippen LogP contribution in [0.3, 0.4) is 0 Å². The molecule has 0 spiro atoms. The van der Waals surface area contributed by atoms with E-state index in [1.807, 2.05) is 13.8 Å². The number of carbonyl (C=O) groups is 2. The zero-order valence-corrected chi connectivity index (χ0v) is 10.3. The molecule has 0 unspecified atom stereocenters. The summed E-state index contributed by atoms with van der Waals surface area (Å²) in [5.74, 6) is -1.76. The summed E-state index contributed by atoms with van der Waals surface area (Å²) in [7, 11) is 0. The average Bonchev–Trinajstić information content (AvgIpc) is 2.36. The van der Waals surface area contributed by atoms with Crippen molar-refractivity contribution in [3.63, 3.8) is 0 Å². The van der Waals surface area contributed by atoms with Gasteiger partial charge in [0.15, 0.2) is 12.4 Å². The number of carboxylic acid groups (broad SMARTS) is 1. The Kier molecular flexibility index (Phi) is 11.8. The van der Waals surface area contributed by atoms with Crippen molar-refractivity contribution in [2.75, 3.05) is 13.2 Å². The largest absolute Gasteiger partial charge is 0.479 e. The normalized spacial score (nSPS) is 16.8. The molecule has 0 saturated carbocycles. The van der Waals surface area contributed by atoms with Gasteiger partial charge in [0.2, 0.25) is 0 Å². The number of aliphatic carboxylic acids is 1. The molecular formula is C10H20O8. The highest BCUT2D eigenvalue weighted by molar-refractivity contribution is 5.73. The number of carboxylic acids is 1. The lowest BCUT2D eigenvalue weighted by Gasteiger charge is -2.21. The van der Waals surface area contributed by atoms with Crippen LogP contribution in [0, 0.1) is 0 Å². The Bertz CT molecular complexity index is 230. The molecule has 0 bridgehead atoms. The van der Waals surface area contributed by atoms with Gasteiger partial charge < -0.3 is 35.1 Å². The summed E-state index contributed by atoms with van der Waals surface area (Å²) in [6, 6.07) is 0. The van der Waals surface area contributed by atoms with Gasteiger partial charge >= 0.3 is 5.97 Å². The van der Waals surface area contributed by atoms with Crippen molar-refractivity contribution < 1.29 is 39.9 Å². The number of rotatable bonds is 7. The predicted molar refractivity (Wildman–Crippen MR) is 59.9 cm³/mol. The number of aldehydes is 1. The molecule has 0 rings (SSSR count). The van der Waals surface area contributed by atoms with Crippen LogP contribution in [-0.4, -0.2) is 75.4 Å². The zero-order valence-electron chi connectivity index (χ0n) is 10.3. The van der Waals surface area contributed by atoms with Crippen LogP contribution in [0.2, 0.25) is 0 Å². The van der Waals surface area contributed by atoms with E-state index in [2.05, 4.69) is 0 Å². The smallest absolute Gasteiger partial charge is 0.335 e. The monoisotopic (exact) mass is 268 g/mol. The van der Waals surface area contributed by atoms with Crippen LogP contribution in [0.25, 0.3) is 0 Å². The molecule has 8 heteroatoms. The molecule has 0 aromatic carbocycles. The lowest BCUT2D eigenvalue weighted by Crippen LogP contribution is -2.48. The van der Waals surface area contributed by atoms with Gasteiger partial charge in [0, 0.05) is 13.2 Å². The maximum absolute atomic E-state index is 10.1. The maximum atomic E-state index is 10.1. The summed E-state index contributed by atoms with van der Waals surface area (Å²) < 4.78 is 4.83. The highest BCUT2D eigenvalue weighted by atomic mass is 16.5. The quantitative estimate of drug-likeness (QED) is 0.326. The average molecular weight is 268 g/mol. The predicted octanol–water partition coefficient (Wildman–Crippen LogP) is -2.24. The van der Waals surface area contributed by atoms with E-state index in [1.54, 1.807) is 0 Å². The van der Waals surface area contributed by atoms with Gasteiger partial charge in [-0.2, -0.15) is 0 Å². The number of hydrogen-bond acceptors (Lipinski definition) is 7. The third-order valence-corrected chi connectivity index (χ3v) is 1.82. The summed E-state index contributed by atoms with van der Waals surface area (Å²) in [4.78, 5) is 20.0. The summed E-state index contributed by atoms with van der Waals surface area (Å²) in [5.41, 5.74) is 0. The van der Waals surface area contributed by atoms with Gasteiger partial charge in [0.1, 0.15) is 18.3 Å². The summed E-state index contributed by atoms with van der Waals surface area (Å²) >= 11 is 0. The molecule has 0 aliphatic rings. The first-order chi connectivity index (χ1) is 8.33. The van der Waals surface area contributed by atoms with E-state index in [0.717, 1.165) is 13.2 Å². The molecule has 0 radical (unpaired) electrons. The van der Waals surface area contributed by atoms with Gasteiger partial charge in [-0.25, -0.2) is 4.79 Å². The molecule has 4 atom stereocenters. The number of aliphatic hydroxyl groups is 4. The Morgan fingerprint density at radius 1 is 1.11 bits per heavy atom. The summed E-state index contributed by atoms with van der Waals surface area (Å²) in [6.45, 7) is 5.67. The van der Waals surface area contributed by atoms with Crippen molar-refractivity contribution >= 4 is 12.3 Å². The van der Waals surface area contributed by atoms with E-state index in [0.29, 0.717) is 0 Å². The second-order valence-corrected chi connectivity index (χ2v) is 3.17. The molecule has 0 heterocycles. The fourth-order valence-electron chi connectivity index (χ4n) is 0.819. The molecule has 8 nitrogen and oxygen atoms in total. The van der Waals surface area contributed by atoms with Crippen LogP contribution in [-0.2, 0) is 14.3 Å². The standard InChI is InChI=1S/C6H10O7.C4H10O/c7-1-2(8)3(9)4(10)5(11)6(12)13;1-3-5-4-2/h1-5,8-11H,(H,12,13);3-4H2,1-2H3/t2-,3+,4-,5-;/m0./s1. The maximum Gasteiger partial charge on any atom is 0.335 e. The Balaban J connectivity index is 0. The molecule has 0 aromatic heterocycles. The minimum Gasteiger partial charge on any atom is -0.479 e. The molecule has 18 heavy (non-hydrogen) atoms. The molecule has 0 aliphatic carbocycles. The lowest BCUT2D eigenvalue weighted by molar-refractivity contribution is -0.163. The third kappa shape index (κ3) is 8.09. The highest BCUT2D eigenvalue weighted by Gasteiger charge is 2.33. The fourth-order valence-corrected chi connectivity index (χ4v) is 0.819. The van der Waals surface area contributed by atoms with Gasteiger partial charge in [0.05, 0.1) is 0 Å². The first kappa shape index (κ1) is 19.3. The van der Waals surface area contributed by atoms with Gasteiger partial charge in [-0.1, -0.05) is 0 Å². The van der Waals surface area contributed by atoms with Crippen LogP contribution in [0.1, 0.15) is 13.8 Å². The number of hydrogen-bond donors (Lipinski definition) is 5. The molecule has 0 fully saturated rings. The minimum absolute atomic E-state index is 0.0809. The van der Waals surface area contributed by atoms with Crippen LogP contribution in [0.15, 0.2) is 0 Å². The molecule has 0 aromatic rings. The van der Waals surface area contributed by atoms with E-state index >= 15 is 0 Å². The molecule has 0 saturated heterocycles. The topological polar surface area (TPSA) is 145 Å². The Morgan fingerprint density at radius 2 is 1.56 bits per heavy atom. The first-order valence-corrected chi connectivity index (χ1v) is 5.31. The van der Waals surface area contributed by atoms with Crippen LogP contribution >= 0.6 is 0 Å². The Hall–Kier alpha value is -1.06. The molecule has 108 valence electrons. The Labute approximate surface area is 104 Å². The number of carbonyl (C=O) groups excluding carboxylic acids is 1. The minimum atomic E-state index is -2.25.